The summed E-state index contributed by atoms with van der Waals surface area (Å²) in [6.45, 7) is 9.15. The molecule has 0 saturated carbocycles. The van der Waals surface area contributed by atoms with E-state index >= 15 is 0 Å². The lowest BCUT2D eigenvalue weighted by molar-refractivity contribution is -0.124. The molecule has 0 radical (unpaired) electrons. The molecule has 1 amide bonds. The Balaban J connectivity index is 2.14. The van der Waals surface area contributed by atoms with Gasteiger partial charge in [-0.2, -0.15) is 0 Å². The molecule has 0 aliphatic carbocycles. The highest BCUT2D eigenvalue weighted by molar-refractivity contribution is 5.76. The fourth-order valence-corrected chi connectivity index (χ4v) is 1.58. The van der Waals surface area contributed by atoms with Crippen molar-refractivity contribution >= 4 is 5.91 Å². The molecular weight excluding hydrogens is 192 g/mol. The van der Waals surface area contributed by atoms with E-state index in [4.69, 9.17) is 4.74 Å². The van der Waals surface area contributed by atoms with Crippen LogP contribution in [0.4, 0.5) is 0 Å². The van der Waals surface area contributed by atoms with Crippen molar-refractivity contribution in [2.75, 3.05) is 26.2 Å². The van der Waals surface area contributed by atoms with Crippen LogP contribution < -0.4 is 10.6 Å². The molecule has 1 aliphatic heterocycles. The summed E-state index contributed by atoms with van der Waals surface area (Å²) in [6.07, 6.45) is 0.634. The minimum Gasteiger partial charge on any atom is -0.374 e. The van der Waals surface area contributed by atoms with Gasteiger partial charge in [-0.1, -0.05) is 0 Å². The molecule has 0 spiro atoms. The van der Waals surface area contributed by atoms with E-state index in [0.29, 0.717) is 25.5 Å². The number of ether oxygens (including phenoxy) is 1. The first-order chi connectivity index (χ1) is 7.03. The molecular formula is C11H22N2O2. The maximum Gasteiger partial charge on any atom is 0.220 e. The third-order valence-corrected chi connectivity index (χ3v) is 2.59. The number of hydrogen-bond donors (Lipinski definition) is 2. The molecule has 4 heteroatoms. The molecule has 0 bridgehead atoms. The van der Waals surface area contributed by atoms with Gasteiger partial charge in [0.2, 0.25) is 5.91 Å². The van der Waals surface area contributed by atoms with Crippen LogP contribution in [0, 0.1) is 5.92 Å². The molecule has 88 valence electrons. The molecule has 15 heavy (non-hydrogen) atoms. The zero-order chi connectivity index (χ0) is 11.3. The lowest BCUT2D eigenvalue weighted by Gasteiger charge is -2.28. The second-order valence-electron chi connectivity index (χ2n) is 4.70. The van der Waals surface area contributed by atoms with Gasteiger partial charge < -0.3 is 15.4 Å². The van der Waals surface area contributed by atoms with Crippen molar-refractivity contribution in [2.45, 2.75) is 32.8 Å². The van der Waals surface area contributed by atoms with Gasteiger partial charge in [0.05, 0.1) is 5.60 Å². The Kier molecular flexibility index (Phi) is 4.54. The van der Waals surface area contributed by atoms with E-state index in [-0.39, 0.29) is 11.5 Å². The van der Waals surface area contributed by atoms with Crippen molar-refractivity contribution in [3.8, 4) is 0 Å². The monoisotopic (exact) mass is 214 g/mol. The van der Waals surface area contributed by atoms with Crippen molar-refractivity contribution in [1.82, 2.24) is 10.6 Å². The van der Waals surface area contributed by atoms with E-state index in [1.54, 1.807) is 0 Å². The van der Waals surface area contributed by atoms with Crippen LogP contribution in [0.1, 0.15) is 27.2 Å². The summed E-state index contributed by atoms with van der Waals surface area (Å²) in [5.74, 6) is 0.662. The summed E-state index contributed by atoms with van der Waals surface area (Å²) >= 11 is 0. The van der Waals surface area contributed by atoms with E-state index in [9.17, 15) is 4.79 Å². The van der Waals surface area contributed by atoms with Crippen LogP contribution in [-0.4, -0.2) is 37.7 Å². The minimum absolute atomic E-state index is 0.134. The van der Waals surface area contributed by atoms with Gasteiger partial charge in [-0.3, -0.25) is 4.79 Å². The van der Waals surface area contributed by atoms with Crippen LogP contribution in [-0.2, 0) is 9.53 Å². The standard InChI is InChI=1S/C11H22N2O2/c1-4-15-11(2,3)8-13-10(14)5-9-6-12-7-9/h9,12H,4-8H2,1-3H3,(H,13,14). The molecule has 1 rings (SSSR count). The van der Waals surface area contributed by atoms with Gasteiger partial charge >= 0.3 is 0 Å². The summed E-state index contributed by atoms with van der Waals surface area (Å²) in [7, 11) is 0. The largest absolute Gasteiger partial charge is 0.374 e. The predicted octanol–water partition coefficient (Wildman–Crippen LogP) is 0.527. The summed E-state index contributed by atoms with van der Waals surface area (Å²) < 4.78 is 5.50. The average molecular weight is 214 g/mol. The van der Waals surface area contributed by atoms with Gasteiger partial charge in [0.15, 0.2) is 0 Å². The van der Waals surface area contributed by atoms with Crippen LogP contribution in [0.25, 0.3) is 0 Å². The van der Waals surface area contributed by atoms with Gasteiger partial charge in [0.1, 0.15) is 0 Å². The first-order valence-corrected chi connectivity index (χ1v) is 5.65. The smallest absolute Gasteiger partial charge is 0.220 e. The Bertz CT molecular complexity index is 213. The van der Waals surface area contributed by atoms with Gasteiger partial charge in [-0.15, -0.1) is 0 Å². The van der Waals surface area contributed by atoms with Crippen molar-refractivity contribution in [2.24, 2.45) is 5.92 Å². The van der Waals surface area contributed by atoms with Crippen molar-refractivity contribution in [3.05, 3.63) is 0 Å². The van der Waals surface area contributed by atoms with Crippen LogP contribution in [0.15, 0.2) is 0 Å². The van der Waals surface area contributed by atoms with E-state index < -0.39 is 0 Å². The molecule has 0 aromatic heterocycles. The highest BCUT2D eigenvalue weighted by Gasteiger charge is 2.22. The lowest BCUT2D eigenvalue weighted by atomic mass is 9.99. The lowest BCUT2D eigenvalue weighted by Crippen LogP contribution is -2.46. The SMILES string of the molecule is CCOC(C)(C)CNC(=O)CC1CNC1. The minimum atomic E-state index is -0.262. The summed E-state index contributed by atoms with van der Waals surface area (Å²) in [5.41, 5.74) is -0.262. The fourth-order valence-electron chi connectivity index (χ4n) is 1.58. The first-order valence-electron chi connectivity index (χ1n) is 5.65. The number of hydrogen-bond acceptors (Lipinski definition) is 3. The normalized spacial score (nSPS) is 17.3. The van der Waals surface area contributed by atoms with E-state index in [2.05, 4.69) is 10.6 Å². The molecule has 4 nitrogen and oxygen atoms in total. The van der Waals surface area contributed by atoms with E-state index in [1.165, 1.54) is 0 Å². The van der Waals surface area contributed by atoms with Crippen LogP contribution in [0.5, 0.6) is 0 Å². The van der Waals surface area contributed by atoms with Crippen molar-refractivity contribution in [3.63, 3.8) is 0 Å². The zero-order valence-corrected chi connectivity index (χ0v) is 9.93. The quantitative estimate of drug-likeness (QED) is 0.678. The number of carbonyl (C=O) groups excluding carboxylic acids is 1. The molecule has 1 fully saturated rings. The zero-order valence-electron chi connectivity index (χ0n) is 9.93. The number of rotatable bonds is 6. The van der Waals surface area contributed by atoms with E-state index in [0.717, 1.165) is 13.1 Å². The second kappa shape index (κ2) is 5.47. The van der Waals surface area contributed by atoms with Gasteiger partial charge in [-0.05, 0) is 39.8 Å². The maximum atomic E-state index is 11.5. The molecule has 0 atom stereocenters. The third kappa shape index (κ3) is 4.62. The van der Waals surface area contributed by atoms with Gasteiger partial charge in [-0.25, -0.2) is 0 Å². The molecule has 1 aliphatic rings. The molecule has 1 saturated heterocycles. The molecule has 0 unspecified atom stereocenters. The number of nitrogens with one attached hydrogen (secondary N) is 2. The highest BCUT2D eigenvalue weighted by atomic mass is 16.5. The molecule has 2 N–H and O–H groups in total. The summed E-state index contributed by atoms with van der Waals surface area (Å²) in [5, 5.41) is 6.07. The molecule has 0 aromatic carbocycles. The molecule has 0 aromatic rings. The van der Waals surface area contributed by atoms with Crippen LogP contribution in [0.2, 0.25) is 0 Å². The fraction of sp³-hybridized carbons (Fsp3) is 0.909. The van der Waals surface area contributed by atoms with Gasteiger partial charge in [0.25, 0.3) is 0 Å². The number of amides is 1. The average Bonchev–Trinajstić information content (AvgIpc) is 2.08. The maximum absolute atomic E-state index is 11.5. The van der Waals surface area contributed by atoms with Crippen LogP contribution in [0.3, 0.4) is 0 Å². The number of carbonyl (C=O) groups is 1. The van der Waals surface area contributed by atoms with Crippen LogP contribution >= 0.6 is 0 Å². The van der Waals surface area contributed by atoms with Crippen molar-refractivity contribution < 1.29 is 9.53 Å². The van der Waals surface area contributed by atoms with Gasteiger partial charge in [0, 0.05) is 19.6 Å². The predicted molar refractivity (Wildman–Crippen MR) is 59.7 cm³/mol. The Labute approximate surface area is 91.8 Å². The highest BCUT2D eigenvalue weighted by Crippen LogP contribution is 2.09. The second-order valence-corrected chi connectivity index (χ2v) is 4.70. The third-order valence-electron chi connectivity index (χ3n) is 2.59. The molecule has 1 heterocycles. The Morgan fingerprint density at radius 2 is 2.20 bits per heavy atom. The van der Waals surface area contributed by atoms with Crippen molar-refractivity contribution in [1.29, 1.82) is 0 Å². The first kappa shape index (κ1) is 12.5. The Morgan fingerprint density at radius 3 is 2.67 bits per heavy atom. The summed E-state index contributed by atoms with van der Waals surface area (Å²) in [4.78, 5) is 11.5. The summed E-state index contributed by atoms with van der Waals surface area (Å²) in [6, 6.07) is 0. The van der Waals surface area contributed by atoms with E-state index in [1.807, 2.05) is 20.8 Å². The Hall–Kier alpha value is -0.610. The topological polar surface area (TPSA) is 50.4 Å². The Morgan fingerprint density at radius 1 is 1.53 bits per heavy atom.